The molecule has 152 valence electrons. The van der Waals surface area contributed by atoms with E-state index in [0.29, 0.717) is 11.6 Å². The van der Waals surface area contributed by atoms with Crippen molar-refractivity contribution in [1.82, 2.24) is 9.88 Å². The molecular formula is C22H25ClN4O2. The third-order valence-corrected chi connectivity index (χ3v) is 6.17. The fraction of sp³-hybridized carbons (Fsp3) is 0.409. The SMILES string of the molecule is C[C@H]1C[C@@H](N2C(=O)C[C@@](C)(c3cccc(-c4ccncc4)c3Cl)N=C2N)CCO1. The van der Waals surface area contributed by atoms with Gasteiger partial charge in [0.1, 0.15) is 0 Å². The number of aromatic nitrogens is 1. The largest absolute Gasteiger partial charge is 0.378 e. The van der Waals surface area contributed by atoms with E-state index >= 15 is 0 Å². The molecule has 0 radical (unpaired) electrons. The van der Waals surface area contributed by atoms with Crippen molar-refractivity contribution >= 4 is 23.5 Å². The first kappa shape index (κ1) is 19.9. The number of nitrogens with zero attached hydrogens (tertiary/aromatic N) is 3. The Morgan fingerprint density at radius 2 is 2.03 bits per heavy atom. The molecule has 0 spiro atoms. The first-order valence-electron chi connectivity index (χ1n) is 9.87. The summed E-state index contributed by atoms with van der Waals surface area (Å²) >= 11 is 6.79. The predicted molar refractivity (Wildman–Crippen MR) is 114 cm³/mol. The van der Waals surface area contributed by atoms with Crippen LogP contribution in [0, 0.1) is 0 Å². The molecule has 2 aromatic rings. The summed E-state index contributed by atoms with van der Waals surface area (Å²) in [6.07, 6.45) is 5.31. The van der Waals surface area contributed by atoms with E-state index in [0.717, 1.165) is 29.5 Å². The van der Waals surface area contributed by atoms with Crippen LogP contribution in [0.5, 0.6) is 0 Å². The number of carbonyl (C=O) groups excluding carboxylic acids is 1. The number of guanidine groups is 1. The normalized spacial score (nSPS) is 27.6. The van der Waals surface area contributed by atoms with Crippen molar-refractivity contribution in [3.63, 3.8) is 0 Å². The lowest BCUT2D eigenvalue weighted by Gasteiger charge is -2.41. The second-order valence-corrected chi connectivity index (χ2v) is 8.32. The molecule has 3 atom stereocenters. The van der Waals surface area contributed by atoms with Crippen LogP contribution in [-0.2, 0) is 15.1 Å². The number of pyridine rings is 1. The lowest BCUT2D eigenvalue weighted by molar-refractivity contribution is -0.133. The van der Waals surface area contributed by atoms with Gasteiger partial charge in [-0.2, -0.15) is 0 Å². The molecule has 1 fully saturated rings. The Morgan fingerprint density at radius 3 is 2.72 bits per heavy atom. The first-order chi connectivity index (χ1) is 13.9. The number of benzene rings is 1. The average Bonchev–Trinajstić information content (AvgIpc) is 2.68. The molecule has 7 heteroatoms. The third kappa shape index (κ3) is 3.74. The number of hydrogen-bond acceptors (Lipinski definition) is 5. The van der Waals surface area contributed by atoms with Gasteiger partial charge in [-0.15, -0.1) is 0 Å². The molecule has 2 N–H and O–H groups in total. The van der Waals surface area contributed by atoms with Crippen molar-refractivity contribution in [3.8, 4) is 11.1 Å². The lowest BCUT2D eigenvalue weighted by atomic mass is 9.85. The smallest absolute Gasteiger partial charge is 0.232 e. The molecule has 0 aliphatic carbocycles. The van der Waals surface area contributed by atoms with Crippen molar-refractivity contribution in [2.45, 2.75) is 50.8 Å². The summed E-state index contributed by atoms with van der Waals surface area (Å²) in [5.74, 6) is 0.234. The van der Waals surface area contributed by atoms with E-state index in [1.807, 2.05) is 44.2 Å². The van der Waals surface area contributed by atoms with Crippen LogP contribution in [-0.4, -0.2) is 40.5 Å². The van der Waals surface area contributed by atoms with Crippen molar-refractivity contribution < 1.29 is 9.53 Å². The maximum atomic E-state index is 13.1. The number of ether oxygens (including phenoxy) is 1. The van der Waals surface area contributed by atoms with Crippen LogP contribution in [0.1, 0.15) is 38.7 Å². The zero-order chi connectivity index (χ0) is 20.6. The van der Waals surface area contributed by atoms with E-state index < -0.39 is 5.54 Å². The minimum Gasteiger partial charge on any atom is -0.378 e. The Hall–Kier alpha value is -2.44. The maximum absolute atomic E-state index is 13.1. The summed E-state index contributed by atoms with van der Waals surface area (Å²) < 4.78 is 5.61. The van der Waals surface area contributed by atoms with Gasteiger partial charge >= 0.3 is 0 Å². The zero-order valence-electron chi connectivity index (χ0n) is 16.6. The fourth-order valence-electron chi connectivity index (χ4n) is 4.31. The second-order valence-electron chi connectivity index (χ2n) is 7.95. The Balaban J connectivity index is 1.70. The van der Waals surface area contributed by atoms with Gasteiger partial charge in [-0.05, 0) is 49.9 Å². The predicted octanol–water partition coefficient (Wildman–Crippen LogP) is 3.73. The van der Waals surface area contributed by atoms with E-state index in [1.165, 1.54) is 0 Å². The number of amides is 1. The molecule has 1 aromatic carbocycles. The Labute approximate surface area is 175 Å². The molecule has 0 saturated carbocycles. The number of aliphatic imine (C=N–C) groups is 1. The van der Waals surface area contributed by atoms with Crippen LogP contribution in [0.4, 0.5) is 0 Å². The molecule has 2 aliphatic heterocycles. The minimum atomic E-state index is -0.811. The van der Waals surface area contributed by atoms with E-state index in [2.05, 4.69) is 4.98 Å². The highest BCUT2D eigenvalue weighted by atomic mass is 35.5. The van der Waals surface area contributed by atoms with Gasteiger partial charge in [-0.25, -0.2) is 4.99 Å². The summed E-state index contributed by atoms with van der Waals surface area (Å²) in [7, 11) is 0. The minimum absolute atomic E-state index is 0.0236. The summed E-state index contributed by atoms with van der Waals surface area (Å²) in [4.78, 5) is 23.6. The van der Waals surface area contributed by atoms with Crippen LogP contribution in [0.2, 0.25) is 5.02 Å². The van der Waals surface area contributed by atoms with Gasteiger partial charge in [0.25, 0.3) is 0 Å². The number of nitrogens with two attached hydrogens (primary N) is 1. The van der Waals surface area contributed by atoms with Gasteiger partial charge in [0.2, 0.25) is 5.91 Å². The van der Waals surface area contributed by atoms with Crippen LogP contribution < -0.4 is 5.73 Å². The molecule has 29 heavy (non-hydrogen) atoms. The number of halogens is 1. The van der Waals surface area contributed by atoms with E-state index in [9.17, 15) is 4.79 Å². The average molecular weight is 413 g/mol. The Bertz CT molecular complexity index is 949. The molecule has 1 amide bonds. The molecular weight excluding hydrogens is 388 g/mol. The standard InChI is InChI=1S/C22H25ClN4O2/c1-14-12-16(8-11-29-14)27-19(28)13-22(2,26-21(27)24)18-5-3-4-17(20(18)23)15-6-9-25-10-7-15/h3-7,9-10,14,16H,8,11-13H2,1-2H3,(H2,24,26)/t14-,16-,22-/m0/s1. The fourth-order valence-corrected chi connectivity index (χ4v) is 4.75. The Kier molecular flexibility index (Phi) is 5.32. The maximum Gasteiger partial charge on any atom is 0.232 e. The topological polar surface area (TPSA) is 80.8 Å². The molecule has 2 aliphatic rings. The molecule has 6 nitrogen and oxygen atoms in total. The summed E-state index contributed by atoms with van der Waals surface area (Å²) in [5, 5.41) is 0.582. The molecule has 0 bridgehead atoms. The van der Waals surface area contributed by atoms with Crippen LogP contribution in [0.15, 0.2) is 47.7 Å². The molecule has 0 unspecified atom stereocenters. The number of carbonyl (C=O) groups is 1. The monoisotopic (exact) mass is 412 g/mol. The molecule has 1 saturated heterocycles. The van der Waals surface area contributed by atoms with Crippen molar-refractivity contribution in [1.29, 1.82) is 0 Å². The van der Waals surface area contributed by atoms with Crippen molar-refractivity contribution in [2.75, 3.05) is 6.61 Å². The Morgan fingerprint density at radius 1 is 1.28 bits per heavy atom. The summed E-state index contributed by atoms with van der Waals surface area (Å²) in [5.41, 5.74) is 8.16. The van der Waals surface area contributed by atoms with Crippen LogP contribution in [0.3, 0.4) is 0 Å². The van der Waals surface area contributed by atoms with Gasteiger partial charge < -0.3 is 10.5 Å². The highest BCUT2D eigenvalue weighted by molar-refractivity contribution is 6.34. The van der Waals surface area contributed by atoms with E-state index in [4.69, 9.17) is 27.1 Å². The van der Waals surface area contributed by atoms with Gasteiger partial charge in [0.15, 0.2) is 5.96 Å². The third-order valence-electron chi connectivity index (χ3n) is 5.77. The molecule has 3 heterocycles. The highest BCUT2D eigenvalue weighted by Gasteiger charge is 2.42. The zero-order valence-corrected chi connectivity index (χ0v) is 17.4. The first-order valence-corrected chi connectivity index (χ1v) is 10.3. The highest BCUT2D eigenvalue weighted by Crippen LogP contribution is 2.41. The lowest BCUT2D eigenvalue weighted by Crippen LogP contribution is -2.56. The molecule has 1 aromatic heterocycles. The van der Waals surface area contributed by atoms with Crippen molar-refractivity contribution in [2.24, 2.45) is 10.7 Å². The second kappa shape index (κ2) is 7.76. The molecule has 4 rings (SSSR count). The van der Waals surface area contributed by atoms with E-state index in [1.54, 1.807) is 17.3 Å². The van der Waals surface area contributed by atoms with Crippen molar-refractivity contribution in [3.05, 3.63) is 53.3 Å². The quantitative estimate of drug-likeness (QED) is 0.832. The van der Waals surface area contributed by atoms with Gasteiger partial charge in [-0.1, -0.05) is 29.8 Å². The van der Waals surface area contributed by atoms with Crippen LogP contribution in [0.25, 0.3) is 11.1 Å². The van der Waals surface area contributed by atoms with Gasteiger partial charge in [0.05, 0.1) is 23.1 Å². The number of rotatable bonds is 3. The number of hydrogen-bond donors (Lipinski definition) is 1. The summed E-state index contributed by atoms with van der Waals surface area (Å²) in [6.45, 7) is 4.56. The summed E-state index contributed by atoms with van der Waals surface area (Å²) in [6, 6.07) is 9.65. The van der Waals surface area contributed by atoms with Gasteiger partial charge in [-0.3, -0.25) is 14.7 Å². The van der Waals surface area contributed by atoms with E-state index in [-0.39, 0.29) is 30.4 Å². The van der Waals surface area contributed by atoms with Crippen LogP contribution >= 0.6 is 11.6 Å². The van der Waals surface area contributed by atoms with Gasteiger partial charge in [0, 0.05) is 30.6 Å².